The van der Waals surface area contributed by atoms with Gasteiger partial charge in [0.1, 0.15) is 22.3 Å². The van der Waals surface area contributed by atoms with Crippen molar-refractivity contribution in [1.82, 2.24) is 15.0 Å². The summed E-state index contributed by atoms with van der Waals surface area (Å²) in [6.07, 6.45) is 0. The molecule has 7 aromatic carbocycles. The van der Waals surface area contributed by atoms with Gasteiger partial charge in [-0.25, -0.2) is 15.0 Å². The topological polar surface area (TPSA) is 65.0 Å². The van der Waals surface area contributed by atoms with Gasteiger partial charge in [-0.3, -0.25) is 0 Å². The standard InChI is InChI=1S/C45H27N3O2/c1-3-11-28(12-4-1)30-15-9-16-32(25-30)44-46-43(29-13-5-2-6-14-29)47-45(48-44)33-22-24-41-38(27-33)37-26-31(21-23-40(37)49-41)34-18-10-19-36-35-17-7-8-20-39(35)50-42(34)36/h1-27H. The number of rotatable bonds is 5. The quantitative estimate of drug-likeness (QED) is 0.187. The molecule has 234 valence electrons. The molecule has 0 radical (unpaired) electrons. The first-order chi connectivity index (χ1) is 24.7. The molecule has 10 rings (SSSR count). The minimum absolute atomic E-state index is 0.596. The highest BCUT2D eigenvalue weighted by Crippen LogP contribution is 2.39. The molecule has 10 aromatic rings. The Bertz CT molecular complexity index is 2870. The van der Waals surface area contributed by atoms with E-state index in [0.29, 0.717) is 17.5 Å². The van der Waals surface area contributed by atoms with E-state index in [1.807, 2.05) is 72.8 Å². The van der Waals surface area contributed by atoms with Gasteiger partial charge in [0.05, 0.1) is 0 Å². The van der Waals surface area contributed by atoms with E-state index in [4.69, 9.17) is 23.8 Å². The lowest BCUT2D eigenvalue weighted by atomic mass is 10.00. The van der Waals surface area contributed by atoms with Crippen molar-refractivity contribution in [3.8, 4) is 56.4 Å². The number of nitrogens with zero attached hydrogens (tertiary/aromatic N) is 3. The van der Waals surface area contributed by atoms with Crippen LogP contribution in [0.5, 0.6) is 0 Å². The Morgan fingerprint density at radius 2 is 0.820 bits per heavy atom. The predicted molar refractivity (Wildman–Crippen MR) is 202 cm³/mol. The summed E-state index contributed by atoms with van der Waals surface area (Å²) in [7, 11) is 0. The van der Waals surface area contributed by atoms with Crippen LogP contribution in [0.3, 0.4) is 0 Å². The molecule has 0 saturated carbocycles. The van der Waals surface area contributed by atoms with E-state index in [1.165, 1.54) is 0 Å². The number of furan rings is 2. The van der Waals surface area contributed by atoms with Gasteiger partial charge >= 0.3 is 0 Å². The Hall–Kier alpha value is -6.85. The molecule has 3 heterocycles. The van der Waals surface area contributed by atoms with Crippen molar-refractivity contribution < 1.29 is 8.83 Å². The summed E-state index contributed by atoms with van der Waals surface area (Å²) in [5.74, 6) is 1.83. The molecule has 0 aliphatic heterocycles. The molecule has 0 saturated heterocycles. The fourth-order valence-electron chi connectivity index (χ4n) is 6.88. The lowest BCUT2D eigenvalue weighted by molar-refractivity contribution is 0.668. The van der Waals surface area contributed by atoms with Crippen molar-refractivity contribution in [2.24, 2.45) is 0 Å². The van der Waals surface area contributed by atoms with Gasteiger partial charge in [0.25, 0.3) is 0 Å². The second kappa shape index (κ2) is 11.4. The third-order valence-electron chi connectivity index (χ3n) is 9.34. The van der Waals surface area contributed by atoms with Crippen LogP contribution >= 0.6 is 0 Å². The van der Waals surface area contributed by atoms with Crippen LogP contribution in [0.15, 0.2) is 173 Å². The van der Waals surface area contributed by atoms with Gasteiger partial charge in [0.15, 0.2) is 17.5 Å². The second-order valence-corrected chi connectivity index (χ2v) is 12.4. The lowest BCUT2D eigenvalue weighted by Crippen LogP contribution is -2.00. The summed E-state index contributed by atoms with van der Waals surface area (Å²) in [4.78, 5) is 15.0. The van der Waals surface area contributed by atoms with Crippen LogP contribution < -0.4 is 0 Å². The molecule has 5 heteroatoms. The maximum atomic E-state index is 6.38. The van der Waals surface area contributed by atoms with E-state index in [-0.39, 0.29) is 0 Å². The van der Waals surface area contributed by atoms with E-state index in [1.54, 1.807) is 0 Å². The Morgan fingerprint density at radius 3 is 1.58 bits per heavy atom. The molecule has 0 aliphatic rings. The van der Waals surface area contributed by atoms with E-state index < -0.39 is 0 Å². The van der Waals surface area contributed by atoms with Crippen molar-refractivity contribution in [3.63, 3.8) is 0 Å². The fraction of sp³-hybridized carbons (Fsp3) is 0. The van der Waals surface area contributed by atoms with Crippen LogP contribution in [0.2, 0.25) is 0 Å². The lowest BCUT2D eigenvalue weighted by Gasteiger charge is -2.10. The first-order valence-corrected chi connectivity index (χ1v) is 16.6. The highest BCUT2D eigenvalue weighted by atomic mass is 16.3. The monoisotopic (exact) mass is 641 g/mol. The van der Waals surface area contributed by atoms with Gasteiger partial charge in [-0.15, -0.1) is 0 Å². The number of aromatic nitrogens is 3. The average Bonchev–Trinajstić information content (AvgIpc) is 3.76. The SMILES string of the molecule is c1ccc(-c2cccc(-c3nc(-c4ccccc4)nc(-c4ccc5oc6ccc(-c7cccc8c7oc7ccccc78)cc6c5c4)n3)c2)cc1. The van der Waals surface area contributed by atoms with Crippen LogP contribution in [-0.2, 0) is 0 Å². The van der Waals surface area contributed by atoms with E-state index in [0.717, 1.165) is 82.8 Å². The van der Waals surface area contributed by atoms with Gasteiger partial charge in [0, 0.05) is 43.8 Å². The minimum Gasteiger partial charge on any atom is -0.456 e. The van der Waals surface area contributed by atoms with E-state index in [2.05, 4.69) is 91.0 Å². The summed E-state index contributed by atoms with van der Waals surface area (Å²) < 4.78 is 12.7. The molecule has 0 unspecified atom stereocenters. The first kappa shape index (κ1) is 28.2. The third kappa shape index (κ3) is 4.75. The average molecular weight is 642 g/mol. The molecule has 0 fully saturated rings. The van der Waals surface area contributed by atoms with Crippen LogP contribution in [-0.4, -0.2) is 15.0 Å². The van der Waals surface area contributed by atoms with Gasteiger partial charge < -0.3 is 8.83 Å². The molecule has 50 heavy (non-hydrogen) atoms. The van der Waals surface area contributed by atoms with Gasteiger partial charge in [0.2, 0.25) is 0 Å². The van der Waals surface area contributed by atoms with Crippen LogP contribution in [0.25, 0.3) is 100 Å². The van der Waals surface area contributed by atoms with Crippen LogP contribution in [0.1, 0.15) is 0 Å². The summed E-state index contributed by atoms with van der Waals surface area (Å²) in [5, 5.41) is 4.22. The maximum Gasteiger partial charge on any atom is 0.164 e. The molecule has 0 atom stereocenters. The number of hydrogen-bond donors (Lipinski definition) is 0. The number of para-hydroxylation sites is 2. The van der Waals surface area contributed by atoms with Crippen molar-refractivity contribution in [2.45, 2.75) is 0 Å². The normalized spacial score (nSPS) is 11.6. The number of fused-ring (bicyclic) bond motifs is 6. The molecule has 0 spiro atoms. The zero-order valence-corrected chi connectivity index (χ0v) is 26.7. The highest BCUT2D eigenvalue weighted by Gasteiger charge is 2.17. The molecule has 0 bridgehead atoms. The molecule has 0 aliphatic carbocycles. The Labute approximate surface area is 287 Å². The van der Waals surface area contributed by atoms with Gasteiger partial charge in [-0.2, -0.15) is 0 Å². The molecule has 0 N–H and O–H groups in total. The molecule has 3 aromatic heterocycles. The largest absolute Gasteiger partial charge is 0.456 e. The number of benzene rings is 7. The Balaban J connectivity index is 1.12. The summed E-state index contributed by atoms with van der Waals surface area (Å²) in [6.45, 7) is 0. The molecular formula is C45H27N3O2. The van der Waals surface area contributed by atoms with E-state index >= 15 is 0 Å². The zero-order valence-electron chi connectivity index (χ0n) is 26.7. The predicted octanol–water partition coefficient (Wildman–Crippen LogP) is 12.0. The fourth-order valence-corrected chi connectivity index (χ4v) is 6.88. The first-order valence-electron chi connectivity index (χ1n) is 16.6. The second-order valence-electron chi connectivity index (χ2n) is 12.4. The van der Waals surface area contributed by atoms with Gasteiger partial charge in [-0.1, -0.05) is 121 Å². The smallest absolute Gasteiger partial charge is 0.164 e. The zero-order chi connectivity index (χ0) is 33.0. The van der Waals surface area contributed by atoms with Crippen LogP contribution in [0.4, 0.5) is 0 Å². The number of hydrogen-bond acceptors (Lipinski definition) is 5. The molecule has 5 nitrogen and oxygen atoms in total. The van der Waals surface area contributed by atoms with Crippen molar-refractivity contribution in [1.29, 1.82) is 0 Å². The van der Waals surface area contributed by atoms with Gasteiger partial charge in [-0.05, 0) is 59.2 Å². The Kier molecular flexibility index (Phi) is 6.42. The third-order valence-corrected chi connectivity index (χ3v) is 9.34. The minimum atomic E-state index is 0.596. The highest BCUT2D eigenvalue weighted by molar-refractivity contribution is 6.12. The van der Waals surface area contributed by atoms with Crippen molar-refractivity contribution in [3.05, 3.63) is 164 Å². The molecular weight excluding hydrogens is 615 g/mol. The summed E-state index contributed by atoms with van der Waals surface area (Å²) in [5.41, 5.74) is 10.4. The molecule has 0 amide bonds. The maximum absolute atomic E-state index is 6.38. The van der Waals surface area contributed by atoms with Crippen LogP contribution in [0, 0.1) is 0 Å². The van der Waals surface area contributed by atoms with E-state index in [9.17, 15) is 0 Å². The summed E-state index contributed by atoms with van der Waals surface area (Å²) in [6, 6.07) is 55.7. The van der Waals surface area contributed by atoms with Crippen molar-refractivity contribution in [2.75, 3.05) is 0 Å². The summed E-state index contributed by atoms with van der Waals surface area (Å²) >= 11 is 0. The Morgan fingerprint density at radius 1 is 0.300 bits per heavy atom. The van der Waals surface area contributed by atoms with Crippen molar-refractivity contribution >= 4 is 43.9 Å².